The van der Waals surface area contributed by atoms with Crippen molar-refractivity contribution in [1.29, 1.82) is 0 Å². The molecule has 2 saturated carbocycles. The summed E-state index contributed by atoms with van der Waals surface area (Å²) >= 11 is 0. The van der Waals surface area contributed by atoms with E-state index in [1.165, 1.54) is 99.7 Å². The van der Waals surface area contributed by atoms with Gasteiger partial charge in [-0.15, -0.1) is 0 Å². The van der Waals surface area contributed by atoms with Gasteiger partial charge in [0.1, 0.15) is 0 Å². The summed E-state index contributed by atoms with van der Waals surface area (Å²) in [5, 5.41) is 0. The first-order chi connectivity index (χ1) is 23.5. The van der Waals surface area contributed by atoms with Crippen molar-refractivity contribution in [3.8, 4) is 0 Å². The van der Waals surface area contributed by atoms with Crippen LogP contribution < -0.4 is 0 Å². The van der Waals surface area contributed by atoms with Gasteiger partial charge in [0.15, 0.2) is 0 Å². The summed E-state index contributed by atoms with van der Waals surface area (Å²) in [5.74, 6) is -0.590. The van der Waals surface area contributed by atoms with Gasteiger partial charge >= 0.3 is 0 Å². The quantitative estimate of drug-likeness (QED) is 0.133. The van der Waals surface area contributed by atoms with E-state index < -0.39 is 0 Å². The third-order valence-corrected chi connectivity index (χ3v) is 11.2. The molecule has 48 heavy (non-hydrogen) atoms. The van der Waals surface area contributed by atoms with Crippen molar-refractivity contribution in [2.24, 2.45) is 0 Å². The number of nitrogens with zero attached hydrogens (tertiary/aromatic N) is 4. The first-order valence-corrected chi connectivity index (χ1v) is 18.9. The smallest absolute Gasteiger partial charge is 0.261 e. The first-order valence-electron chi connectivity index (χ1n) is 18.9. The van der Waals surface area contributed by atoms with Crippen molar-refractivity contribution in [3.05, 3.63) is 70.8 Å². The lowest BCUT2D eigenvalue weighted by Gasteiger charge is -2.35. The average molecular weight is 655 g/mol. The van der Waals surface area contributed by atoms with Crippen molar-refractivity contribution in [3.63, 3.8) is 0 Å². The summed E-state index contributed by atoms with van der Waals surface area (Å²) in [5.41, 5.74) is 2.15. The maximum absolute atomic E-state index is 12.9. The second kappa shape index (κ2) is 16.8. The van der Waals surface area contributed by atoms with Gasteiger partial charge in [-0.05, 0) is 88.7 Å². The summed E-state index contributed by atoms with van der Waals surface area (Å²) in [4.78, 5) is 59.6. The van der Waals surface area contributed by atoms with Crippen LogP contribution in [0, 0.1) is 0 Å². The maximum Gasteiger partial charge on any atom is 0.261 e. The zero-order chi connectivity index (χ0) is 33.3. The van der Waals surface area contributed by atoms with Crippen LogP contribution in [-0.2, 0) is 0 Å². The Morgan fingerprint density at radius 3 is 1.08 bits per heavy atom. The van der Waals surface area contributed by atoms with Gasteiger partial charge in [0.2, 0.25) is 0 Å². The number of fused-ring (bicyclic) bond motifs is 2. The summed E-state index contributed by atoms with van der Waals surface area (Å²) in [6.45, 7) is 5.00. The van der Waals surface area contributed by atoms with Crippen molar-refractivity contribution >= 4 is 23.6 Å². The Kier molecular flexibility index (Phi) is 12.1. The molecule has 0 unspecified atom stereocenters. The number of hydrogen-bond acceptors (Lipinski definition) is 6. The molecule has 4 amide bonds. The lowest BCUT2D eigenvalue weighted by atomic mass is 9.93. The minimum atomic E-state index is -0.148. The van der Waals surface area contributed by atoms with E-state index in [9.17, 15) is 19.2 Å². The zero-order valence-electron chi connectivity index (χ0n) is 28.8. The Labute approximate surface area is 286 Å². The van der Waals surface area contributed by atoms with Crippen molar-refractivity contribution in [2.75, 3.05) is 39.3 Å². The molecule has 0 saturated heterocycles. The highest BCUT2D eigenvalue weighted by atomic mass is 16.2. The Hall–Kier alpha value is -3.36. The molecule has 4 aliphatic rings. The van der Waals surface area contributed by atoms with Crippen LogP contribution in [0.5, 0.6) is 0 Å². The minimum Gasteiger partial charge on any atom is -0.300 e. The molecule has 2 fully saturated rings. The second-order valence-corrected chi connectivity index (χ2v) is 14.4. The number of imide groups is 2. The summed E-state index contributed by atoms with van der Waals surface area (Å²) in [6.07, 6.45) is 19.2. The largest absolute Gasteiger partial charge is 0.300 e. The lowest BCUT2D eigenvalue weighted by molar-refractivity contribution is 0.0624. The van der Waals surface area contributed by atoms with E-state index in [1.807, 2.05) is 24.3 Å². The number of hydrogen-bond donors (Lipinski definition) is 0. The van der Waals surface area contributed by atoms with E-state index in [0.717, 1.165) is 39.0 Å². The molecule has 2 aliphatic heterocycles. The van der Waals surface area contributed by atoms with Crippen LogP contribution in [0.1, 0.15) is 144 Å². The van der Waals surface area contributed by atoms with Crippen LogP contribution in [0.3, 0.4) is 0 Å². The van der Waals surface area contributed by atoms with Crippen LogP contribution in [-0.4, -0.2) is 94.6 Å². The van der Waals surface area contributed by atoms with E-state index in [1.54, 1.807) is 24.3 Å². The summed E-state index contributed by atoms with van der Waals surface area (Å²) in [6, 6.07) is 15.6. The molecular formula is C40H54N4O4. The lowest BCUT2D eigenvalue weighted by Crippen LogP contribution is -2.40. The predicted molar refractivity (Wildman–Crippen MR) is 188 cm³/mol. The fraction of sp³-hybridized carbons (Fsp3) is 0.600. The molecule has 0 aromatic heterocycles. The van der Waals surface area contributed by atoms with E-state index in [0.29, 0.717) is 47.4 Å². The third-order valence-electron chi connectivity index (χ3n) is 11.2. The molecule has 0 bridgehead atoms. The fourth-order valence-electron chi connectivity index (χ4n) is 8.58. The number of benzene rings is 2. The van der Waals surface area contributed by atoms with Crippen LogP contribution in [0.2, 0.25) is 0 Å². The molecule has 0 atom stereocenters. The average Bonchev–Trinajstić information content (AvgIpc) is 3.52. The van der Waals surface area contributed by atoms with Crippen molar-refractivity contribution in [2.45, 2.75) is 115 Å². The van der Waals surface area contributed by atoms with Crippen LogP contribution in [0.25, 0.3) is 0 Å². The molecule has 0 spiro atoms. The molecule has 0 radical (unpaired) electrons. The van der Waals surface area contributed by atoms with Gasteiger partial charge < -0.3 is 9.80 Å². The Bertz CT molecular complexity index is 1250. The van der Waals surface area contributed by atoms with Gasteiger partial charge in [-0.2, -0.15) is 0 Å². The van der Waals surface area contributed by atoms with E-state index in [-0.39, 0.29) is 23.6 Å². The summed E-state index contributed by atoms with van der Waals surface area (Å²) < 4.78 is 0. The molecule has 6 rings (SSSR count). The monoisotopic (exact) mass is 654 g/mol. The highest BCUT2D eigenvalue weighted by molar-refractivity contribution is 6.22. The van der Waals surface area contributed by atoms with E-state index in [2.05, 4.69) is 9.80 Å². The SMILES string of the molecule is O=C1c2ccccc2C(=O)N1CCCN(CCCCCCN(CCCN1C(=O)c2ccccc2C1=O)C1CCCCC1)C1CCCCC1. The van der Waals surface area contributed by atoms with Gasteiger partial charge in [0, 0.05) is 38.3 Å². The number of carbonyl (C=O) groups is 4. The van der Waals surface area contributed by atoms with E-state index in [4.69, 9.17) is 0 Å². The van der Waals surface area contributed by atoms with Crippen molar-refractivity contribution < 1.29 is 19.2 Å². The Balaban J connectivity index is 0.936. The number of carbonyl (C=O) groups excluding carboxylic acids is 4. The van der Waals surface area contributed by atoms with Crippen molar-refractivity contribution in [1.82, 2.24) is 19.6 Å². The molecule has 0 N–H and O–H groups in total. The van der Waals surface area contributed by atoms with Gasteiger partial charge in [0.05, 0.1) is 22.3 Å². The van der Waals surface area contributed by atoms with E-state index >= 15 is 0 Å². The van der Waals surface area contributed by atoms with Gasteiger partial charge in [0.25, 0.3) is 23.6 Å². The van der Waals surface area contributed by atoms with Crippen LogP contribution in [0.4, 0.5) is 0 Å². The van der Waals surface area contributed by atoms with Gasteiger partial charge in [-0.3, -0.25) is 29.0 Å². The summed E-state index contributed by atoms with van der Waals surface area (Å²) in [7, 11) is 0. The second-order valence-electron chi connectivity index (χ2n) is 14.4. The van der Waals surface area contributed by atoms with Crippen LogP contribution in [0.15, 0.2) is 48.5 Å². The molecule has 2 aliphatic carbocycles. The molecule has 8 heteroatoms. The maximum atomic E-state index is 12.9. The first kappa shape index (κ1) is 34.5. The fourth-order valence-corrected chi connectivity index (χ4v) is 8.58. The minimum absolute atomic E-state index is 0.148. The number of amides is 4. The molecule has 2 aromatic rings. The zero-order valence-corrected chi connectivity index (χ0v) is 28.8. The highest BCUT2D eigenvalue weighted by Crippen LogP contribution is 2.27. The standard InChI is InChI=1S/C40H54N4O4/c45-37-33-21-9-10-22-34(33)38(46)43(37)29-15-27-41(31-17-5-3-6-18-31)25-13-1-2-14-26-42(32-19-7-4-8-20-32)28-16-30-44-39(47)35-23-11-12-24-36(35)40(44)48/h9-12,21-24,31-32H,1-8,13-20,25-30H2. The predicted octanol–water partition coefficient (Wildman–Crippen LogP) is 7.19. The Morgan fingerprint density at radius 2 is 0.750 bits per heavy atom. The molecule has 8 nitrogen and oxygen atoms in total. The van der Waals surface area contributed by atoms with Gasteiger partial charge in [-0.1, -0.05) is 75.6 Å². The topological polar surface area (TPSA) is 81.2 Å². The molecule has 258 valence electrons. The van der Waals surface area contributed by atoms with Crippen LogP contribution >= 0.6 is 0 Å². The Morgan fingerprint density at radius 1 is 0.438 bits per heavy atom. The van der Waals surface area contributed by atoms with Gasteiger partial charge in [-0.25, -0.2) is 0 Å². The normalized spacial score (nSPS) is 18.9. The molecule has 2 heterocycles. The third kappa shape index (κ3) is 8.08. The molecular weight excluding hydrogens is 600 g/mol. The highest BCUT2D eigenvalue weighted by Gasteiger charge is 2.36. The number of rotatable bonds is 17. The number of unbranched alkanes of at least 4 members (excludes halogenated alkanes) is 3. The molecule has 2 aromatic carbocycles.